The highest BCUT2D eigenvalue weighted by molar-refractivity contribution is 5.91. The number of aromatic nitrogens is 4. The van der Waals surface area contributed by atoms with E-state index in [-0.39, 0.29) is 5.91 Å². The van der Waals surface area contributed by atoms with Crippen LogP contribution in [0.5, 0.6) is 11.5 Å². The zero-order valence-corrected chi connectivity index (χ0v) is 17.1. The smallest absolute Gasteiger partial charge is 0.244 e. The lowest BCUT2D eigenvalue weighted by Gasteiger charge is -2.08. The van der Waals surface area contributed by atoms with Crippen LogP contribution in [0.3, 0.4) is 0 Å². The summed E-state index contributed by atoms with van der Waals surface area (Å²) in [5.74, 6) is 2.32. The molecule has 0 fully saturated rings. The number of carbonyl (C=O) groups excluding carboxylic acids is 1. The Morgan fingerprint density at radius 1 is 1.07 bits per heavy atom. The van der Waals surface area contributed by atoms with Gasteiger partial charge in [0.1, 0.15) is 5.82 Å². The number of nitrogens with one attached hydrogen (secondary N) is 2. The van der Waals surface area contributed by atoms with E-state index in [2.05, 4.69) is 25.9 Å². The Kier molecular flexibility index (Phi) is 6.99. The maximum atomic E-state index is 12.0. The average molecular weight is 408 g/mol. The molecule has 0 aliphatic carbocycles. The molecule has 0 aliphatic rings. The van der Waals surface area contributed by atoms with Gasteiger partial charge in [-0.15, -0.1) is 10.2 Å². The van der Waals surface area contributed by atoms with Gasteiger partial charge in [-0.3, -0.25) is 4.79 Å². The second kappa shape index (κ2) is 10.1. The van der Waals surface area contributed by atoms with Crippen LogP contribution in [-0.2, 0) is 4.79 Å². The van der Waals surface area contributed by atoms with Crippen molar-refractivity contribution in [1.82, 2.24) is 25.3 Å². The van der Waals surface area contributed by atoms with E-state index in [1.807, 2.05) is 37.4 Å². The summed E-state index contributed by atoms with van der Waals surface area (Å²) in [5, 5.41) is 18.5. The van der Waals surface area contributed by atoms with Crippen molar-refractivity contribution in [2.24, 2.45) is 0 Å². The minimum atomic E-state index is -0.193. The lowest BCUT2D eigenvalue weighted by molar-refractivity contribution is -0.116. The number of anilines is 1. The van der Waals surface area contributed by atoms with Crippen LogP contribution in [0, 0.1) is 6.92 Å². The first-order valence-electron chi connectivity index (χ1n) is 9.37. The number of hydrogen-bond acceptors (Lipinski definition) is 7. The summed E-state index contributed by atoms with van der Waals surface area (Å²) in [6, 6.07) is 11.0. The summed E-state index contributed by atoms with van der Waals surface area (Å²) >= 11 is 0. The van der Waals surface area contributed by atoms with Crippen molar-refractivity contribution < 1.29 is 14.3 Å². The maximum Gasteiger partial charge on any atom is 0.244 e. The number of hydrogen-bond donors (Lipinski definition) is 2. The Bertz CT molecular complexity index is 1010. The Morgan fingerprint density at radius 3 is 2.57 bits per heavy atom. The molecule has 0 saturated carbocycles. The fraction of sp³-hybridized carbons (Fsp3) is 0.238. The van der Waals surface area contributed by atoms with Crippen LogP contribution in [-0.4, -0.2) is 53.2 Å². The maximum absolute atomic E-state index is 12.0. The number of carbonyl (C=O) groups is 1. The molecule has 0 aliphatic heterocycles. The van der Waals surface area contributed by atoms with Crippen molar-refractivity contribution in [2.75, 3.05) is 32.6 Å². The van der Waals surface area contributed by atoms with Crippen LogP contribution in [0.4, 0.5) is 5.82 Å². The standard InChI is InChI=1S/C21H24N6O3/c1-15-10-13-27(26-15)20-8-7-19(24-25-20)22-11-12-23-21(28)9-5-16-4-6-17(29-2)18(14-16)30-3/h4-10,13-14H,11-12H2,1-3H3,(H,22,24)(H,23,28)/b9-5+. The SMILES string of the molecule is COc1ccc(/C=C/C(=O)NCCNc2ccc(-n3ccc(C)n3)nn2)cc1OC. The largest absolute Gasteiger partial charge is 0.493 e. The van der Waals surface area contributed by atoms with E-state index < -0.39 is 0 Å². The van der Waals surface area contributed by atoms with Crippen molar-refractivity contribution in [2.45, 2.75) is 6.92 Å². The van der Waals surface area contributed by atoms with Gasteiger partial charge in [0, 0.05) is 25.4 Å². The lowest BCUT2D eigenvalue weighted by Crippen LogP contribution is -2.27. The van der Waals surface area contributed by atoms with Crippen LogP contribution < -0.4 is 20.1 Å². The van der Waals surface area contributed by atoms with Crippen molar-refractivity contribution in [3.8, 4) is 17.3 Å². The highest BCUT2D eigenvalue weighted by Gasteiger charge is 2.04. The van der Waals surface area contributed by atoms with Crippen LogP contribution in [0.2, 0.25) is 0 Å². The number of amides is 1. The Hall–Kier alpha value is -3.88. The third-order valence-electron chi connectivity index (χ3n) is 4.17. The molecule has 30 heavy (non-hydrogen) atoms. The van der Waals surface area contributed by atoms with E-state index >= 15 is 0 Å². The van der Waals surface area contributed by atoms with Gasteiger partial charge in [0.25, 0.3) is 0 Å². The van der Waals surface area contributed by atoms with Gasteiger partial charge in [0.05, 0.1) is 19.9 Å². The monoisotopic (exact) mass is 408 g/mol. The molecule has 0 atom stereocenters. The number of nitrogens with zero attached hydrogens (tertiary/aromatic N) is 4. The van der Waals surface area contributed by atoms with Gasteiger partial charge < -0.3 is 20.1 Å². The number of benzene rings is 1. The van der Waals surface area contributed by atoms with Crippen LogP contribution in [0.1, 0.15) is 11.3 Å². The molecular formula is C21H24N6O3. The predicted molar refractivity (Wildman–Crippen MR) is 114 cm³/mol. The summed E-state index contributed by atoms with van der Waals surface area (Å²) < 4.78 is 12.1. The van der Waals surface area contributed by atoms with Crippen molar-refractivity contribution in [3.63, 3.8) is 0 Å². The number of ether oxygens (including phenoxy) is 2. The lowest BCUT2D eigenvalue weighted by atomic mass is 10.2. The van der Waals surface area contributed by atoms with Gasteiger partial charge in [-0.2, -0.15) is 5.10 Å². The summed E-state index contributed by atoms with van der Waals surface area (Å²) in [5.41, 5.74) is 1.75. The zero-order valence-electron chi connectivity index (χ0n) is 17.1. The summed E-state index contributed by atoms with van der Waals surface area (Å²) in [4.78, 5) is 12.0. The van der Waals surface area contributed by atoms with E-state index in [0.717, 1.165) is 11.3 Å². The van der Waals surface area contributed by atoms with Crippen molar-refractivity contribution in [1.29, 1.82) is 0 Å². The fourth-order valence-corrected chi connectivity index (χ4v) is 2.65. The molecule has 3 aromatic rings. The molecule has 0 radical (unpaired) electrons. The molecule has 2 heterocycles. The molecule has 0 bridgehead atoms. The topological polar surface area (TPSA) is 103 Å². The molecule has 0 saturated heterocycles. The molecule has 3 rings (SSSR count). The number of aryl methyl sites for hydroxylation is 1. The van der Waals surface area contributed by atoms with Crippen molar-refractivity contribution >= 4 is 17.8 Å². The summed E-state index contributed by atoms with van der Waals surface area (Å²) in [7, 11) is 3.15. The van der Waals surface area contributed by atoms with Crippen LogP contribution in [0.15, 0.2) is 48.7 Å². The summed E-state index contributed by atoms with van der Waals surface area (Å²) in [6.07, 6.45) is 5.02. The highest BCUT2D eigenvalue weighted by Crippen LogP contribution is 2.27. The van der Waals surface area contributed by atoms with Gasteiger partial charge in [-0.05, 0) is 48.9 Å². The second-order valence-electron chi connectivity index (χ2n) is 6.34. The fourth-order valence-electron chi connectivity index (χ4n) is 2.65. The first-order chi connectivity index (χ1) is 14.6. The van der Waals surface area contributed by atoms with Gasteiger partial charge in [-0.1, -0.05) is 6.07 Å². The van der Waals surface area contributed by atoms with E-state index in [4.69, 9.17) is 9.47 Å². The molecule has 156 valence electrons. The molecule has 1 amide bonds. The molecule has 9 heteroatoms. The quantitative estimate of drug-likeness (QED) is 0.413. The van der Waals surface area contributed by atoms with Crippen LogP contribution >= 0.6 is 0 Å². The van der Waals surface area contributed by atoms with Crippen LogP contribution in [0.25, 0.3) is 11.9 Å². The third kappa shape index (κ3) is 5.57. The first kappa shape index (κ1) is 20.8. The van der Waals surface area contributed by atoms with Crippen molar-refractivity contribution in [3.05, 3.63) is 59.9 Å². The van der Waals surface area contributed by atoms with Gasteiger partial charge in [0.15, 0.2) is 17.3 Å². The summed E-state index contributed by atoms with van der Waals surface area (Å²) in [6.45, 7) is 2.87. The normalized spacial score (nSPS) is 10.8. The number of rotatable bonds is 9. The molecular weight excluding hydrogens is 384 g/mol. The highest BCUT2D eigenvalue weighted by atomic mass is 16.5. The zero-order chi connectivity index (χ0) is 21.3. The Labute approximate surface area is 174 Å². The molecule has 1 aromatic carbocycles. The molecule has 0 unspecified atom stereocenters. The third-order valence-corrected chi connectivity index (χ3v) is 4.17. The Balaban J connectivity index is 1.43. The van der Waals surface area contributed by atoms with E-state index in [1.54, 1.807) is 37.1 Å². The van der Waals surface area contributed by atoms with Gasteiger partial charge in [0.2, 0.25) is 5.91 Å². The average Bonchev–Trinajstić information content (AvgIpc) is 3.21. The second-order valence-corrected chi connectivity index (χ2v) is 6.34. The van der Waals surface area contributed by atoms with Gasteiger partial charge in [-0.25, -0.2) is 4.68 Å². The molecule has 9 nitrogen and oxygen atoms in total. The van der Waals surface area contributed by atoms with E-state index in [0.29, 0.717) is 36.2 Å². The predicted octanol–water partition coefficient (Wildman–Crippen LogP) is 2.23. The van der Waals surface area contributed by atoms with E-state index in [9.17, 15) is 4.79 Å². The van der Waals surface area contributed by atoms with E-state index in [1.165, 1.54) is 6.08 Å². The first-order valence-corrected chi connectivity index (χ1v) is 9.37. The molecule has 0 spiro atoms. The molecule has 2 N–H and O–H groups in total. The minimum Gasteiger partial charge on any atom is -0.493 e. The molecule has 2 aromatic heterocycles. The minimum absolute atomic E-state index is 0.193. The van der Waals surface area contributed by atoms with Gasteiger partial charge >= 0.3 is 0 Å². The Morgan fingerprint density at radius 2 is 1.90 bits per heavy atom. The number of methoxy groups -OCH3 is 2.